The second-order valence-electron chi connectivity index (χ2n) is 5.78. The molecule has 3 heterocycles. The summed E-state index contributed by atoms with van der Waals surface area (Å²) < 4.78 is 7.68. The summed E-state index contributed by atoms with van der Waals surface area (Å²) in [6, 6.07) is 0. The van der Waals surface area contributed by atoms with E-state index < -0.39 is 0 Å². The molecule has 0 spiro atoms. The molecular weight excluding hydrogens is 280 g/mol. The van der Waals surface area contributed by atoms with Crippen molar-refractivity contribution >= 4 is 0 Å². The fourth-order valence-electron chi connectivity index (χ4n) is 2.78. The quantitative estimate of drug-likeness (QED) is 0.865. The maximum atomic E-state index is 5.82. The Balaban J connectivity index is 1.48. The van der Waals surface area contributed by atoms with Crippen LogP contribution >= 0.6 is 0 Å². The number of hydrogen-bond acceptors (Lipinski definition) is 5. The SMILES string of the molecule is CCc1nc(C2CN(CCCc3cnn(C)c3)CCO2)n[nH]1. The Morgan fingerprint density at radius 3 is 3.09 bits per heavy atom. The lowest BCUT2D eigenvalue weighted by Gasteiger charge is -2.31. The third kappa shape index (κ3) is 3.72. The second-order valence-corrected chi connectivity index (χ2v) is 5.78. The third-order valence-electron chi connectivity index (χ3n) is 4.02. The molecule has 1 unspecified atom stereocenters. The molecule has 0 aromatic carbocycles. The van der Waals surface area contributed by atoms with E-state index in [4.69, 9.17) is 4.74 Å². The van der Waals surface area contributed by atoms with E-state index in [0.717, 1.165) is 57.2 Å². The summed E-state index contributed by atoms with van der Waals surface area (Å²) in [5, 5.41) is 11.4. The van der Waals surface area contributed by atoms with Gasteiger partial charge in [-0.15, -0.1) is 0 Å². The van der Waals surface area contributed by atoms with Gasteiger partial charge in [0.25, 0.3) is 0 Å². The molecule has 0 bridgehead atoms. The molecule has 0 saturated carbocycles. The number of aromatic amines is 1. The highest BCUT2D eigenvalue weighted by molar-refractivity contribution is 5.03. The van der Waals surface area contributed by atoms with E-state index in [1.165, 1.54) is 5.56 Å². The molecule has 2 aromatic rings. The van der Waals surface area contributed by atoms with Gasteiger partial charge in [0.2, 0.25) is 0 Å². The summed E-state index contributed by atoms with van der Waals surface area (Å²) in [5.74, 6) is 1.71. The van der Waals surface area contributed by atoms with E-state index >= 15 is 0 Å². The molecule has 1 aliphatic rings. The van der Waals surface area contributed by atoms with Crippen LogP contribution in [-0.4, -0.2) is 56.1 Å². The number of aromatic nitrogens is 5. The van der Waals surface area contributed by atoms with Crippen LogP contribution in [0, 0.1) is 0 Å². The van der Waals surface area contributed by atoms with Crippen molar-refractivity contribution in [3.05, 3.63) is 29.6 Å². The first kappa shape index (κ1) is 15.2. The Morgan fingerprint density at radius 1 is 1.45 bits per heavy atom. The molecule has 7 heteroatoms. The van der Waals surface area contributed by atoms with Gasteiger partial charge in [-0.25, -0.2) is 4.98 Å². The van der Waals surface area contributed by atoms with Crippen molar-refractivity contribution in [1.82, 2.24) is 29.9 Å². The Bertz CT molecular complexity index is 592. The first-order valence-electron chi connectivity index (χ1n) is 7.97. The van der Waals surface area contributed by atoms with Crippen LogP contribution in [0.2, 0.25) is 0 Å². The maximum absolute atomic E-state index is 5.82. The monoisotopic (exact) mass is 304 g/mol. The van der Waals surface area contributed by atoms with Crippen LogP contribution in [0.25, 0.3) is 0 Å². The van der Waals surface area contributed by atoms with E-state index in [-0.39, 0.29) is 6.10 Å². The average molecular weight is 304 g/mol. The molecule has 0 aliphatic carbocycles. The van der Waals surface area contributed by atoms with Crippen molar-refractivity contribution in [3.63, 3.8) is 0 Å². The van der Waals surface area contributed by atoms with Crippen LogP contribution in [0.1, 0.15) is 36.7 Å². The summed E-state index contributed by atoms with van der Waals surface area (Å²) >= 11 is 0. The van der Waals surface area contributed by atoms with Crippen molar-refractivity contribution in [1.29, 1.82) is 0 Å². The van der Waals surface area contributed by atoms with Crippen LogP contribution in [-0.2, 0) is 24.6 Å². The molecule has 2 aromatic heterocycles. The minimum atomic E-state index is -0.0105. The highest BCUT2D eigenvalue weighted by Gasteiger charge is 2.24. The third-order valence-corrected chi connectivity index (χ3v) is 4.02. The summed E-state index contributed by atoms with van der Waals surface area (Å²) in [6.45, 7) is 5.73. The Labute approximate surface area is 130 Å². The minimum absolute atomic E-state index is 0.0105. The van der Waals surface area contributed by atoms with Crippen LogP contribution < -0.4 is 0 Å². The van der Waals surface area contributed by atoms with Crippen molar-refractivity contribution in [2.45, 2.75) is 32.3 Å². The van der Waals surface area contributed by atoms with Gasteiger partial charge < -0.3 is 4.74 Å². The first-order valence-corrected chi connectivity index (χ1v) is 7.97. The number of ether oxygens (including phenoxy) is 1. The summed E-state index contributed by atoms with van der Waals surface area (Å²) in [7, 11) is 1.96. The lowest BCUT2D eigenvalue weighted by atomic mass is 10.2. The Hall–Kier alpha value is -1.73. The van der Waals surface area contributed by atoms with E-state index in [2.05, 4.69) is 38.3 Å². The Morgan fingerprint density at radius 2 is 2.36 bits per heavy atom. The molecule has 7 nitrogen and oxygen atoms in total. The largest absolute Gasteiger partial charge is 0.367 e. The van der Waals surface area contributed by atoms with Gasteiger partial charge in [-0.3, -0.25) is 14.7 Å². The Kier molecular flexibility index (Phi) is 4.84. The summed E-state index contributed by atoms with van der Waals surface area (Å²) in [5.41, 5.74) is 1.30. The molecule has 1 N–H and O–H groups in total. The smallest absolute Gasteiger partial charge is 0.180 e. The molecule has 1 aliphatic heterocycles. The zero-order valence-corrected chi connectivity index (χ0v) is 13.3. The number of morpholine rings is 1. The van der Waals surface area contributed by atoms with Gasteiger partial charge in [0, 0.05) is 32.8 Å². The molecule has 3 rings (SSSR count). The van der Waals surface area contributed by atoms with Gasteiger partial charge in [0.05, 0.1) is 12.8 Å². The molecule has 1 atom stereocenters. The van der Waals surface area contributed by atoms with Gasteiger partial charge in [-0.05, 0) is 24.9 Å². The zero-order chi connectivity index (χ0) is 15.4. The summed E-state index contributed by atoms with van der Waals surface area (Å²) in [4.78, 5) is 6.93. The molecule has 22 heavy (non-hydrogen) atoms. The molecular formula is C15H24N6O. The number of hydrogen-bond donors (Lipinski definition) is 1. The number of nitrogens with zero attached hydrogens (tertiary/aromatic N) is 5. The fourth-order valence-corrected chi connectivity index (χ4v) is 2.78. The zero-order valence-electron chi connectivity index (χ0n) is 13.3. The van der Waals surface area contributed by atoms with Crippen LogP contribution in [0.3, 0.4) is 0 Å². The average Bonchev–Trinajstić information content (AvgIpc) is 3.16. The van der Waals surface area contributed by atoms with Crippen LogP contribution in [0.15, 0.2) is 12.4 Å². The van der Waals surface area contributed by atoms with Gasteiger partial charge in [-0.2, -0.15) is 10.2 Å². The van der Waals surface area contributed by atoms with Crippen molar-refractivity contribution in [2.75, 3.05) is 26.2 Å². The van der Waals surface area contributed by atoms with Crippen LogP contribution in [0.5, 0.6) is 0 Å². The minimum Gasteiger partial charge on any atom is -0.367 e. The highest BCUT2D eigenvalue weighted by atomic mass is 16.5. The molecule has 120 valence electrons. The topological polar surface area (TPSA) is 71.9 Å². The number of aryl methyl sites for hydroxylation is 3. The van der Waals surface area contributed by atoms with Crippen LogP contribution in [0.4, 0.5) is 0 Å². The number of nitrogens with one attached hydrogen (secondary N) is 1. The maximum Gasteiger partial charge on any atom is 0.180 e. The first-order chi connectivity index (χ1) is 10.7. The highest BCUT2D eigenvalue weighted by Crippen LogP contribution is 2.19. The standard InChI is InChI=1S/C15H24N6O/c1-3-14-17-15(19-18-14)13-11-21(7-8-22-13)6-4-5-12-9-16-20(2)10-12/h9-10,13H,3-8,11H2,1-2H3,(H,17,18,19). The van der Waals surface area contributed by atoms with Gasteiger partial charge in [0.1, 0.15) is 11.9 Å². The van der Waals surface area contributed by atoms with E-state index in [0.29, 0.717) is 0 Å². The van der Waals surface area contributed by atoms with E-state index in [1.54, 1.807) is 0 Å². The number of H-pyrrole nitrogens is 1. The molecule has 0 amide bonds. The van der Waals surface area contributed by atoms with Crippen molar-refractivity contribution < 1.29 is 4.74 Å². The summed E-state index contributed by atoms with van der Waals surface area (Å²) in [6.07, 6.45) is 7.09. The molecule has 1 fully saturated rings. The lowest BCUT2D eigenvalue weighted by Crippen LogP contribution is -2.39. The van der Waals surface area contributed by atoms with Gasteiger partial charge in [0.15, 0.2) is 5.82 Å². The number of rotatable bonds is 6. The van der Waals surface area contributed by atoms with Crippen molar-refractivity contribution in [2.24, 2.45) is 7.05 Å². The molecule has 0 radical (unpaired) electrons. The fraction of sp³-hybridized carbons (Fsp3) is 0.667. The predicted molar refractivity (Wildman–Crippen MR) is 82.4 cm³/mol. The van der Waals surface area contributed by atoms with Gasteiger partial charge >= 0.3 is 0 Å². The normalized spacial score (nSPS) is 19.6. The lowest BCUT2D eigenvalue weighted by molar-refractivity contribution is -0.0343. The van der Waals surface area contributed by atoms with Crippen molar-refractivity contribution in [3.8, 4) is 0 Å². The second kappa shape index (κ2) is 7.02. The molecule has 1 saturated heterocycles. The van der Waals surface area contributed by atoms with E-state index in [9.17, 15) is 0 Å². The van der Waals surface area contributed by atoms with Gasteiger partial charge in [-0.1, -0.05) is 6.92 Å². The van der Waals surface area contributed by atoms with E-state index in [1.807, 2.05) is 17.9 Å². The predicted octanol–water partition coefficient (Wildman–Crippen LogP) is 1.11.